The molecule has 12 heteroatoms. The van der Waals surface area contributed by atoms with Crippen LogP contribution in [0.3, 0.4) is 0 Å². The van der Waals surface area contributed by atoms with E-state index >= 15 is 0 Å². The minimum atomic E-state index is -5.08. The first-order chi connectivity index (χ1) is 19.9. The first kappa shape index (κ1) is 33.8. The van der Waals surface area contributed by atoms with Gasteiger partial charge in [0.25, 0.3) is 11.5 Å². The average Bonchev–Trinajstić information content (AvgIpc) is 2.96. The number of rotatable bonds is 12. The van der Waals surface area contributed by atoms with E-state index < -0.39 is 41.7 Å². The van der Waals surface area contributed by atoms with Gasteiger partial charge >= 0.3 is 18.1 Å². The van der Waals surface area contributed by atoms with Crippen molar-refractivity contribution >= 4 is 17.8 Å². The molecular weight excluding hydrogens is 555 g/mol. The first-order valence-electron chi connectivity index (χ1n) is 13.3. The van der Waals surface area contributed by atoms with E-state index in [0.717, 1.165) is 30.8 Å². The number of carboxylic acid groups (broad SMARTS) is 2. The molecule has 0 aliphatic carbocycles. The topological polar surface area (TPSA) is 129 Å². The molecule has 1 amide bonds. The van der Waals surface area contributed by atoms with Crippen LogP contribution in [0, 0.1) is 0 Å². The van der Waals surface area contributed by atoms with Gasteiger partial charge in [-0.05, 0) is 55.7 Å². The molecule has 0 spiro atoms. The van der Waals surface area contributed by atoms with Gasteiger partial charge in [-0.15, -0.1) is 0 Å². The zero-order valence-electron chi connectivity index (χ0n) is 23.3. The van der Waals surface area contributed by atoms with Crippen LogP contribution in [0.2, 0.25) is 0 Å². The summed E-state index contributed by atoms with van der Waals surface area (Å²) in [6.45, 7) is 6.63. The number of nitrogens with zero attached hydrogens (tertiary/aromatic N) is 2. The van der Waals surface area contributed by atoms with E-state index in [9.17, 15) is 32.7 Å². The van der Waals surface area contributed by atoms with Gasteiger partial charge in [0.05, 0.1) is 6.04 Å². The normalized spacial score (nSPS) is 11.9. The van der Waals surface area contributed by atoms with Crippen LogP contribution in [0.25, 0.3) is 0 Å². The predicted octanol–water partition coefficient (Wildman–Crippen LogP) is 4.42. The van der Waals surface area contributed by atoms with Crippen molar-refractivity contribution in [3.05, 3.63) is 106 Å². The summed E-state index contributed by atoms with van der Waals surface area (Å²) in [6.07, 6.45) is -2.51. The lowest BCUT2D eigenvalue weighted by molar-refractivity contribution is -0.192. The standard InChI is InChI=1S/C28H33N3O4.C2HF3O2/c1-3-30(4-2)19-12-18-24(28(34)35)29-26(32)23-17-11-20-31(27(23)33)25(21-13-7-5-8-14-21)22-15-9-6-10-16-22;3-2(4,5)1(6)7/h5-11,13-17,20,24-25H,3-4,12,18-19H2,1-2H3,(H,29,32)(H,34,35);(H,6,7)/t24-;/m0./s1. The number of nitrogens with one attached hydrogen (secondary N) is 1. The number of hydrogen-bond acceptors (Lipinski definition) is 5. The lowest BCUT2D eigenvalue weighted by Crippen LogP contribution is -2.44. The largest absolute Gasteiger partial charge is 0.490 e. The fourth-order valence-electron chi connectivity index (χ4n) is 4.22. The van der Waals surface area contributed by atoms with Gasteiger partial charge in [-0.25, -0.2) is 9.59 Å². The Bertz CT molecular complexity index is 1320. The van der Waals surface area contributed by atoms with Crippen LogP contribution in [0.1, 0.15) is 54.2 Å². The monoisotopic (exact) mass is 589 g/mol. The number of halogens is 3. The molecule has 1 heterocycles. The van der Waals surface area contributed by atoms with Gasteiger partial charge in [-0.3, -0.25) is 9.59 Å². The quantitative estimate of drug-likeness (QED) is 0.285. The van der Waals surface area contributed by atoms with E-state index in [2.05, 4.69) is 24.1 Å². The second-order valence-corrected chi connectivity index (χ2v) is 9.19. The summed E-state index contributed by atoms with van der Waals surface area (Å²) in [5, 5.41) is 19.3. The predicted molar refractivity (Wildman–Crippen MR) is 150 cm³/mol. The van der Waals surface area contributed by atoms with Crippen molar-refractivity contribution in [2.75, 3.05) is 19.6 Å². The fraction of sp³-hybridized carbons (Fsp3) is 0.333. The van der Waals surface area contributed by atoms with E-state index in [1.165, 1.54) is 10.6 Å². The number of alkyl halides is 3. The van der Waals surface area contributed by atoms with E-state index in [0.29, 0.717) is 6.42 Å². The maximum atomic E-state index is 13.5. The number of hydrogen-bond donors (Lipinski definition) is 3. The second-order valence-electron chi connectivity index (χ2n) is 9.19. The summed E-state index contributed by atoms with van der Waals surface area (Å²) in [4.78, 5) is 49.4. The maximum Gasteiger partial charge on any atom is 0.490 e. The van der Waals surface area contributed by atoms with Crippen LogP contribution >= 0.6 is 0 Å². The van der Waals surface area contributed by atoms with Crippen molar-refractivity contribution in [3.8, 4) is 0 Å². The lowest BCUT2D eigenvalue weighted by Gasteiger charge is -2.22. The highest BCUT2D eigenvalue weighted by Gasteiger charge is 2.38. The molecule has 0 fully saturated rings. The summed E-state index contributed by atoms with van der Waals surface area (Å²) in [5.74, 6) is -4.55. The van der Waals surface area contributed by atoms with E-state index in [1.54, 1.807) is 12.3 Å². The Balaban J connectivity index is 0.000000782. The highest BCUT2D eigenvalue weighted by molar-refractivity contribution is 5.96. The van der Waals surface area contributed by atoms with Crippen molar-refractivity contribution in [1.29, 1.82) is 0 Å². The number of benzene rings is 2. The van der Waals surface area contributed by atoms with Crippen molar-refractivity contribution < 1.29 is 37.8 Å². The van der Waals surface area contributed by atoms with Crippen LogP contribution < -0.4 is 10.9 Å². The molecule has 0 aliphatic heterocycles. The molecule has 0 bridgehead atoms. The molecule has 226 valence electrons. The molecule has 0 saturated heterocycles. The Kier molecular flexibility index (Phi) is 12.9. The molecule has 1 aromatic heterocycles. The SMILES string of the molecule is CCN(CC)CCC[C@H](NC(=O)c1cccn(C(c2ccccc2)c2ccccc2)c1=O)C(=O)O.O=C(O)C(F)(F)F. The third kappa shape index (κ3) is 9.88. The molecule has 9 nitrogen and oxygen atoms in total. The molecule has 3 aromatic rings. The van der Waals surface area contributed by atoms with Crippen LogP contribution in [-0.2, 0) is 9.59 Å². The molecule has 42 heavy (non-hydrogen) atoms. The molecule has 0 aliphatic rings. The van der Waals surface area contributed by atoms with Gasteiger partial charge in [0.2, 0.25) is 0 Å². The Morgan fingerprint density at radius 3 is 1.81 bits per heavy atom. The minimum absolute atomic E-state index is 0.0839. The number of carbonyl (C=O) groups excluding carboxylic acids is 1. The smallest absolute Gasteiger partial charge is 0.480 e. The zero-order chi connectivity index (χ0) is 31.3. The summed E-state index contributed by atoms with van der Waals surface area (Å²) >= 11 is 0. The van der Waals surface area contributed by atoms with Crippen LogP contribution in [0.15, 0.2) is 83.8 Å². The Morgan fingerprint density at radius 1 is 0.881 bits per heavy atom. The van der Waals surface area contributed by atoms with Gasteiger partial charge in [0.15, 0.2) is 0 Å². The second kappa shape index (κ2) is 16.1. The minimum Gasteiger partial charge on any atom is -0.480 e. The van der Waals surface area contributed by atoms with Gasteiger partial charge in [0, 0.05) is 6.20 Å². The maximum absolute atomic E-state index is 13.5. The zero-order valence-corrected chi connectivity index (χ0v) is 23.3. The average molecular weight is 590 g/mol. The molecule has 2 aromatic carbocycles. The Labute approximate surface area is 241 Å². The number of pyridine rings is 1. The number of aliphatic carboxylic acids is 2. The van der Waals surface area contributed by atoms with Gasteiger partial charge in [0.1, 0.15) is 11.6 Å². The van der Waals surface area contributed by atoms with Crippen molar-refractivity contribution in [2.24, 2.45) is 0 Å². The number of aromatic nitrogens is 1. The van der Waals surface area contributed by atoms with E-state index in [-0.39, 0.29) is 12.0 Å². The first-order valence-corrected chi connectivity index (χ1v) is 13.3. The molecule has 3 rings (SSSR count). The molecular formula is C30H34F3N3O6. The Morgan fingerprint density at radius 2 is 1.38 bits per heavy atom. The summed E-state index contributed by atoms with van der Waals surface area (Å²) in [7, 11) is 0. The molecule has 3 N–H and O–H groups in total. The third-order valence-corrected chi connectivity index (χ3v) is 6.44. The molecule has 0 saturated carbocycles. The van der Waals surface area contributed by atoms with Crippen LogP contribution in [0.4, 0.5) is 13.2 Å². The highest BCUT2D eigenvalue weighted by Crippen LogP contribution is 2.25. The third-order valence-electron chi connectivity index (χ3n) is 6.44. The van der Waals surface area contributed by atoms with Gasteiger partial charge in [-0.1, -0.05) is 74.5 Å². The van der Waals surface area contributed by atoms with Crippen molar-refractivity contribution in [3.63, 3.8) is 0 Å². The molecule has 0 unspecified atom stereocenters. The van der Waals surface area contributed by atoms with Gasteiger partial charge in [-0.2, -0.15) is 13.2 Å². The lowest BCUT2D eigenvalue weighted by atomic mass is 9.98. The number of carboxylic acids is 2. The number of amides is 1. The Hall–Kier alpha value is -4.45. The summed E-state index contributed by atoms with van der Waals surface area (Å²) < 4.78 is 33.3. The molecule has 1 atom stereocenters. The summed E-state index contributed by atoms with van der Waals surface area (Å²) in [5.41, 5.74) is 1.24. The van der Waals surface area contributed by atoms with Crippen LogP contribution in [0.5, 0.6) is 0 Å². The number of carbonyl (C=O) groups is 3. The molecule has 0 radical (unpaired) electrons. The van der Waals surface area contributed by atoms with Crippen LogP contribution in [-0.4, -0.2) is 69.4 Å². The van der Waals surface area contributed by atoms with E-state index in [4.69, 9.17) is 9.90 Å². The van der Waals surface area contributed by atoms with Crippen molar-refractivity contribution in [1.82, 2.24) is 14.8 Å². The highest BCUT2D eigenvalue weighted by atomic mass is 19.4. The van der Waals surface area contributed by atoms with E-state index in [1.807, 2.05) is 60.7 Å². The van der Waals surface area contributed by atoms with Gasteiger partial charge < -0.3 is 25.0 Å². The van der Waals surface area contributed by atoms with Crippen molar-refractivity contribution in [2.45, 2.75) is 44.9 Å². The fourth-order valence-corrected chi connectivity index (χ4v) is 4.22. The summed E-state index contributed by atoms with van der Waals surface area (Å²) in [6, 6.07) is 20.8.